The van der Waals surface area contributed by atoms with E-state index in [0.29, 0.717) is 11.5 Å². The number of carbonyl (C=O) groups excluding carboxylic acids is 1. The molecule has 0 saturated heterocycles. The van der Waals surface area contributed by atoms with Gasteiger partial charge in [0.25, 0.3) is 0 Å². The van der Waals surface area contributed by atoms with Crippen molar-refractivity contribution < 1.29 is 9.53 Å². The molecule has 0 aromatic carbocycles. The summed E-state index contributed by atoms with van der Waals surface area (Å²) in [5, 5.41) is 0. The summed E-state index contributed by atoms with van der Waals surface area (Å²) in [6, 6.07) is 0. The van der Waals surface area contributed by atoms with Crippen molar-refractivity contribution in [3.8, 4) is 12.3 Å². The van der Waals surface area contributed by atoms with Gasteiger partial charge in [-0.3, -0.25) is 0 Å². The topological polar surface area (TPSA) is 26.3 Å². The Kier molecular flexibility index (Phi) is 4.25. The van der Waals surface area contributed by atoms with Crippen molar-refractivity contribution in [1.82, 2.24) is 0 Å². The zero-order chi connectivity index (χ0) is 10.4. The Morgan fingerprint density at radius 2 is 2.00 bits per heavy atom. The number of hydrogen-bond donors (Lipinski definition) is 0. The smallest absolute Gasteiger partial charge is 0.341 e. The van der Waals surface area contributed by atoms with Gasteiger partial charge in [-0.1, -0.05) is 19.3 Å². The molecule has 1 aliphatic heterocycles. The lowest BCUT2D eigenvalue weighted by molar-refractivity contribution is -0.138. The van der Waals surface area contributed by atoms with Crippen molar-refractivity contribution in [3.05, 3.63) is 11.8 Å². The number of terminal acetylenes is 1. The van der Waals surface area contributed by atoms with Gasteiger partial charge in [0.15, 0.2) is 0 Å². The van der Waals surface area contributed by atoms with Gasteiger partial charge in [0, 0.05) is 5.92 Å². The average Bonchev–Trinajstić information content (AvgIpc) is 2.28. The number of carbonyl (C=O) groups is 1. The minimum atomic E-state index is -0.199. The van der Waals surface area contributed by atoms with E-state index in [4.69, 9.17) is 6.42 Å². The first kappa shape index (κ1) is 10.8. The first-order valence-electron chi connectivity index (χ1n) is 5.08. The van der Waals surface area contributed by atoms with E-state index in [-0.39, 0.29) is 5.97 Å². The zero-order valence-electron chi connectivity index (χ0n) is 8.58. The van der Waals surface area contributed by atoms with Crippen LogP contribution in [0.2, 0.25) is 0 Å². The van der Waals surface area contributed by atoms with Gasteiger partial charge in [-0.25, -0.2) is 4.79 Å². The second-order valence-corrected chi connectivity index (χ2v) is 3.71. The largest absolute Gasteiger partial charge is 0.430 e. The van der Waals surface area contributed by atoms with Crippen molar-refractivity contribution in [2.24, 2.45) is 5.92 Å². The molecule has 0 bridgehead atoms. The Balaban J connectivity index is 0.000000146. The molecule has 2 heteroatoms. The zero-order valence-corrected chi connectivity index (χ0v) is 8.58. The third-order valence-electron chi connectivity index (χ3n) is 2.51. The predicted octanol–water partition coefficient (Wildman–Crippen LogP) is 2.65. The Morgan fingerprint density at radius 3 is 2.21 bits per heavy atom. The van der Waals surface area contributed by atoms with Crippen LogP contribution in [0.3, 0.4) is 0 Å². The molecule has 2 rings (SSSR count). The minimum Gasteiger partial charge on any atom is -0.430 e. The highest BCUT2D eigenvalue weighted by atomic mass is 16.5. The van der Waals surface area contributed by atoms with Crippen LogP contribution in [0.1, 0.15) is 39.0 Å². The van der Waals surface area contributed by atoms with Crippen molar-refractivity contribution in [2.45, 2.75) is 39.0 Å². The molecule has 0 aromatic rings. The number of rotatable bonds is 0. The maximum atomic E-state index is 9.94. The molecule has 0 amide bonds. The summed E-state index contributed by atoms with van der Waals surface area (Å²) in [4.78, 5) is 9.94. The first-order valence-corrected chi connectivity index (χ1v) is 5.08. The lowest BCUT2D eigenvalue weighted by Gasteiger charge is -2.14. The van der Waals surface area contributed by atoms with Gasteiger partial charge in [0.1, 0.15) is 6.26 Å². The van der Waals surface area contributed by atoms with Gasteiger partial charge in [0.2, 0.25) is 0 Å². The summed E-state index contributed by atoms with van der Waals surface area (Å²) in [7, 11) is 0. The number of hydrogen-bond acceptors (Lipinski definition) is 2. The molecule has 0 N–H and O–H groups in total. The number of ether oxygens (including phenoxy) is 1. The predicted molar refractivity (Wildman–Crippen MR) is 55.3 cm³/mol. The molecule has 1 aliphatic carbocycles. The van der Waals surface area contributed by atoms with Gasteiger partial charge >= 0.3 is 5.97 Å². The third-order valence-corrected chi connectivity index (χ3v) is 2.51. The van der Waals surface area contributed by atoms with Crippen molar-refractivity contribution in [2.75, 3.05) is 0 Å². The number of cyclic esters (lactones) is 1. The van der Waals surface area contributed by atoms with E-state index in [0.717, 1.165) is 0 Å². The second kappa shape index (κ2) is 5.49. The molecule has 76 valence electrons. The molecule has 1 saturated carbocycles. The molecule has 2 aliphatic rings. The van der Waals surface area contributed by atoms with E-state index in [1.54, 1.807) is 6.92 Å². The fourth-order valence-electron chi connectivity index (χ4n) is 1.49. The summed E-state index contributed by atoms with van der Waals surface area (Å²) < 4.78 is 4.24. The molecule has 1 heterocycles. The van der Waals surface area contributed by atoms with Crippen LogP contribution in [0.4, 0.5) is 0 Å². The molecule has 2 nitrogen and oxygen atoms in total. The third kappa shape index (κ3) is 3.26. The first-order chi connectivity index (χ1) is 6.74. The second-order valence-electron chi connectivity index (χ2n) is 3.71. The normalized spacial score (nSPS) is 20.6. The van der Waals surface area contributed by atoms with E-state index in [9.17, 15) is 4.79 Å². The summed E-state index contributed by atoms with van der Waals surface area (Å²) in [5.41, 5.74) is 0.704. The molecule has 0 unspecified atom stereocenters. The van der Waals surface area contributed by atoms with Crippen LogP contribution in [-0.4, -0.2) is 5.97 Å². The van der Waals surface area contributed by atoms with E-state index in [2.05, 4.69) is 10.7 Å². The minimum absolute atomic E-state index is 0.199. The van der Waals surface area contributed by atoms with Crippen LogP contribution in [-0.2, 0) is 9.53 Å². The Labute approximate surface area is 85.3 Å². The fraction of sp³-hybridized carbons (Fsp3) is 0.583. The van der Waals surface area contributed by atoms with Crippen LogP contribution >= 0.6 is 0 Å². The van der Waals surface area contributed by atoms with Gasteiger partial charge in [-0.15, -0.1) is 12.3 Å². The summed E-state index contributed by atoms with van der Waals surface area (Å²) in [6.07, 6.45) is 13.3. The SMILES string of the molecule is C#CC1CCCCC1.CC1=COC1=O. The van der Waals surface area contributed by atoms with E-state index in [1.807, 2.05) is 0 Å². The fourth-order valence-corrected chi connectivity index (χ4v) is 1.49. The van der Waals surface area contributed by atoms with Gasteiger partial charge in [-0.2, -0.15) is 0 Å². The maximum absolute atomic E-state index is 9.94. The van der Waals surface area contributed by atoms with Crippen molar-refractivity contribution >= 4 is 5.97 Å². The van der Waals surface area contributed by atoms with Gasteiger partial charge in [-0.05, 0) is 19.8 Å². The van der Waals surface area contributed by atoms with Crippen LogP contribution in [0.5, 0.6) is 0 Å². The van der Waals surface area contributed by atoms with Gasteiger partial charge < -0.3 is 4.74 Å². The van der Waals surface area contributed by atoms with Crippen LogP contribution in [0.25, 0.3) is 0 Å². The van der Waals surface area contributed by atoms with Crippen LogP contribution in [0, 0.1) is 18.3 Å². The average molecular weight is 192 g/mol. The maximum Gasteiger partial charge on any atom is 0.341 e. The highest BCUT2D eigenvalue weighted by Gasteiger charge is 2.12. The Bertz CT molecular complexity index is 265. The standard InChI is InChI=1S/C8H12.C4H4O2/c1-2-8-6-4-3-5-7-8;1-3-2-6-4(3)5/h1,8H,3-7H2;2H,1H3. The van der Waals surface area contributed by atoms with Crippen molar-refractivity contribution in [1.29, 1.82) is 0 Å². The van der Waals surface area contributed by atoms with Crippen LogP contribution in [0.15, 0.2) is 11.8 Å². The lowest BCUT2D eigenvalue weighted by Crippen LogP contribution is -2.10. The quantitative estimate of drug-likeness (QED) is 0.435. The molecule has 0 radical (unpaired) electrons. The highest BCUT2D eigenvalue weighted by molar-refractivity contribution is 5.92. The molecular weight excluding hydrogens is 176 g/mol. The summed E-state index contributed by atoms with van der Waals surface area (Å²) in [6.45, 7) is 1.71. The molecule has 0 spiro atoms. The monoisotopic (exact) mass is 192 g/mol. The highest BCUT2D eigenvalue weighted by Crippen LogP contribution is 2.22. The molecular formula is C12H16O2. The molecule has 0 aromatic heterocycles. The van der Waals surface area contributed by atoms with E-state index in [1.165, 1.54) is 38.4 Å². The van der Waals surface area contributed by atoms with Crippen molar-refractivity contribution in [3.63, 3.8) is 0 Å². The molecule has 1 fully saturated rings. The lowest BCUT2D eigenvalue weighted by atomic mass is 9.90. The summed E-state index contributed by atoms with van der Waals surface area (Å²) in [5.74, 6) is 3.22. The van der Waals surface area contributed by atoms with Gasteiger partial charge in [0.05, 0.1) is 5.57 Å². The molecule has 14 heavy (non-hydrogen) atoms. The Morgan fingerprint density at radius 1 is 1.43 bits per heavy atom. The van der Waals surface area contributed by atoms with Crippen LogP contribution < -0.4 is 0 Å². The molecule has 0 atom stereocenters. The summed E-state index contributed by atoms with van der Waals surface area (Å²) >= 11 is 0. The van der Waals surface area contributed by atoms with E-state index >= 15 is 0 Å². The van der Waals surface area contributed by atoms with E-state index < -0.39 is 0 Å². The number of esters is 1. The Hall–Kier alpha value is -1.23.